The molecule has 0 bridgehead atoms. The Morgan fingerprint density at radius 3 is 2.76 bits per heavy atom. The highest BCUT2D eigenvalue weighted by Gasteiger charge is 2.25. The summed E-state index contributed by atoms with van der Waals surface area (Å²) in [5.41, 5.74) is 2.80. The van der Waals surface area contributed by atoms with Gasteiger partial charge in [-0.3, -0.25) is 0 Å². The number of nitrogens with one attached hydrogen (secondary N) is 1. The summed E-state index contributed by atoms with van der Waals surface area (Å²) in [6.45, 7) is 6.00. The van der Waals surface area contributed by atoms with E-state index in [9.17, 15) is 5.11 Å². The van der Waals surface area contributed by atoms with Crippen LogP contribution in [0.5, 0.6) is 5.75 Å². The summed E-state index contributed by atoms with van der Waals surface area (Å²) in [6.07, 6.45) is 6.52. The lowest BCUT2D eigenvalue weighted by Gasteiger charge is -2.31. The third-order valence-electron chi connectivity index (χ3n) is 4.67. The Morgan fingerprint density at radius 2 is 2.05 bits per heavy atom. The smallest absolute Gasteiger partial charge is 0.119 e. The summed E-state index contributed by atoms with van der Waals surface area (Å²) in [7, 11) is 0. The van der Waals surface area contributed by atoms with Crippen molar-refractivity contribution in [3.8, 4) is 5.75 Å². The predicted octanol–water partition coefficient (Wildman–Crippen LogP) is 3.08. The lowest BCUT2D eigenvalue weighted by atomic mass is 9.91. The maximum Gasteiger partial charge on any atom is 0.119 e. The Bertz CT molecular complexity index is 441. The van der Waals surface area contributed by atoms with Crippen LogP contribution in [0, 0.1) is 0 Å². The average Bonchev–Trinajstić information content (AvgIpc) is 2.98. The van der Waals surface area contributed by atoms with Gasteiger partial charge in [-0.25, -0.2) is 0 Å². The fourth-order valence-corrected chi connectivity index (χ4v) is 3.25. The van der Waals surface area contributed by atoms with Gasteiger partial charge in [-0.2, -0.15) is 0 Å². The molecule has 0 saturated heterocycles. The molecule has 1 aromatic rings. The van der Waals surface area contributed by atoms with Gasteiger partial charge in [0.05, 0.1) is 13.2 Å². The summed E-state index contributed by atoms with van der Waals surface area (Å²) >= 11 is 0. The van der Waals surface area contributed by atoms with Crippen molar-refractivity contribution in [1.82, 2.24) is 5.32 Å². The largest absolute Gasteiger partial charge is 0.494 e. The first kappa shape index (κ1) is 16.3. The fraction of sp³-hybridized carbons (Fsp3) is 0.667. The summed E-state index contributed by atoms with van der Waals surface area (Å²) in [6, 6.07) is 6.50. The van der Waals surface area contributed by atoms with Crippen molar-refractivity contribution in [3.05, 3.63) is 29.3 Å². The standard InChI is InChI=1S/C18H29NO2/c1-3-18(14-20,19-4-2)11-6-12-21-17-10-9-15-7-5-8-16(15)13-17/h9-10,13,19-20H,3-8,11-12,14H2,1-2H3. The van der Waals surface area contributed by atoms with Crippen LogP contribution in [-0.4, -0.2) is 30.4 Å². The minimum atomic E-state index is -0.143. The number of hydrogen-bond donors (Lipinski definition) is 2. The summed E-state index contributed by atoms with van der Waals surface area (Å²) in [5, 5.41) is 13.0. The molecule has 0 fully saturated rings. The SMILES string of the molecule is CCNC(CC)(CO)CCCOc1ccc2c(c1)CCC2. The van der Waals surface area contributed by atoms with Crippen molar-refractivity contribution in [2.45, 2.75) is 57.9 Å². The Hall–Kier alpha value is -1.06. The van der Waals surface area contributed by atoms with Crippen molar-refractivity contribution < 1.29 is 9.84 Å². The molecule has 0 aromatic heterocycles. The molecule has 118 valence electrons. The lowest BCUT2D eigenvalue weighted by molar-refractivity contribution is 0.139. The summed E-state index contributed by atoms with van der Waals surface area (Å²) < 4.78 is 5.88. The van der Waals surface area contributed by atoms with Crippen LogP contribution in [0.2, 0.25) is 0 Å². The molecule has 0 aliphatic heterocycles. The molecule has 1 atom stereocenters. The van der Waals surface area contributed by atoms with E-state index in [-0.39, 0.29) is 12.1 Å². The monoisotopic (exact) mass is 291 g/mol. The summed E-state index contributed by atoms with van der Waals surface area (Å²) in [5.74, 6) is 0.991. The number of hydrogen-bond acceptors (Lipinski definition) is 3. The van der Waals surface area contributed by atoms with E-state index in [2.05, 4.69) is 37.4 Å². The van der Waals surface area contributed by atoms with Crippen LogP contribution >= 0.6 is 0 Å². The maximum absolute atomic E-state index is 9.63. The van der Waals surface area contributed by atoms with E-state index in [1.165, 1.54) is 30.4 Å². The highest BCUT2D eigenvalue weighted by molar-refractivity contribution is 5.38. The Balaban J connectivity index is 1.78. The third kappa shape index (κ3) is 4.21. The van der Waals surface area contributed by atoms with Crippen molar-refractivity contribution in [2.24, 2.45) is 0 Å². The van der Waals surface area contributed by atoms with E-state index >= 15 is 0 Å². The predicted molar refractivity (Wildman–Crippen MR) is 87.0 cm³/mol. The van der Waals surface area contributed by atoms with Gasteiger partial charge in [0.2, 0.25) is 0 Å². The first-order valence-corrected chi connectivity index (χ1v) is 8.33. The summed E-state index contributed by atoms with van der Waals surface area (Å²) in [4.78, 5) is 0. The quantitative estimate of drug-likeness (QED) is 0.687. The number of aryl methyl sites for hydroxylation is 2. The number of aliphatic hydroxyl groups excluding tert-OH is 1. The molecule has 0 spiro atoms. The first-order chi connectivity index (χ1) is 10.2. The normalized spacial score (nSPS) is 16.5. The van der Waals surface area contributed by atoms with Crippen LogP contribution in [0.25, 0.3) is 0 Å². The number of likely N-dealkylation sites (N-methyl/N-ethyl adjacent to an activating group) is 1. The molecule has 1 aliphatic carbocycles. The van der Waals surface area contributed by atoms with Gasteiger partial charge >= 0.3 is 0 Å². The first-order valence-electron chi connectivity index (χ1n) is 8.33. The van der Waals surface area contributed by atoms with Crippen LogP contribution in [0.15, 0.2) is 18.2 Å². The van der Waals surface area contributed by atoms with Gasteiger partial charge in [0, 0.05) is 5.54 Å². The number of ether oxygens (including phenoxy) is 1. The van der Waals surface area contributed by atoms with E-state index in [0.717, 1.165) is 31.6 Å². The zero-order valence-electron chi connectivity index (χ0n) is 13.5. The molecule has 21 heavy (non-hydrogen) atoms. The van der Waals surface area contributed by atoms with E-state index in [0.29, 0.717) is 6.61 Å². The van der Waals surface area contributed by atoms with Crippen LogP contribution < -0.4 is 10.1 Å². The minimum absolute atomic E-state index is 0.143. The molecule has 0 heterocycles. The van der Waals surface area contributed by atoms with E-state index < -0.39 is 0 Å². The molecule has 0 saturated carbocycles. The number of fused-ring (bicyclic) bond motifs is 1. The molecule has 2 rings (SSSR count). The second-order valence-corrected chi connectivity index (χ2v) is 6.06. The molecule has 3 nitrogen and oxygen atoms in total. The number of rotatable bonds is 9. The maximum atomic E-state index is 9.63. The zero-order chi connectivity index (χ0) is 15.1. The van der Waals surface area contributed by atoms with E-state index in [1.807, 2.05) is 0 Å². The van der Waals surface area contributed by atoms with Gasteiger partial charge in [0.25, 0.3) is 0 Å². The van der Waals surface area contributed by atoms with Gasteiger partial charge in [0.1, 0.15) is 5.75 Å². The van der Waals surface area contributed by atoms with Crippen molar-refractivity contribution in [3.63, 3.8) is 0 Å². The molecule has 1 aromatic carbocycles. The fourth-order valence-electron chi connectivity index (χ4n) is 3.25. The molecule has 3 heteroatoms. The van der Waals surface area contributed by atoms with Gasteiger partial charge in [-0.1, -0.05) is 19.9 Å². The molecule has 2 N–H and O–H groups in total. The highest BCUT2D eigenvalue weighted by Crippen LogP contribution is 2.26. The van der Waals surface area contributed by atoms with Crippen molar-refractivity contribution >= 4 is 0 Å². The zero-order valence-corrected chi connectivity index (χ0v) is 13.5. The van der Waals surface area contributed by atoms with Gasteiger partial charge in [-0.15, -0.1) is 0 Å². The molecule has 1 aliphatic rings. The van der Waals surface area contributed by atoms with Gasteiger partial charge < -0.3 is 15.2 Å². The van der Waals surface area contributed by atoms with Crippen LogP contribution in [-0.2, 0) is 12.8 Å². The second-order valence-electron chi connectivity index (χ2n) is 6.06. The Kier molecular flexibility index (Phi) is 6.07. The topological polar surface area (TPSA) is 41.5 Å². The molecular formula is C18H29NO2. The van der Waals surface area contributed by atoms with Gasteiger partial charge in [-0.05, 0) is 68.3 Å². The Morgan fingerprint density at radius 1 is 1.24 bits per heavy atom. The minimum Gasteiger partial charge on any atom is -0.494 e. The van der Waals surface area contributed by atoms with Crippen molar-refractivity contribution in [1.29, 1.82) is 0 Å². The van der Waals surface area contributed by atoms with Crippen LogP contribution in [0.3, 0.4) is 0 Å². The van der Waals surface area contributed by atoms with Crippen LogP contribution in [0.1, 0.15) is 50.7 Å². The number of aliphatic hydroxyl groups is 1. The molecule has 0 amide bonds. The molecule has 1 unspecified atom stereocenters. The number of benzene rings is 1. The van der Waals surface area contributed by atoms with Gasteiger partial charge in [0.15, 0.2) is 0 Å². The van der Waals surface area contributed by atoms with E-state index in [4.69, 9.17) is 4.74 Å². The molecular weight excluding hydrogens is 262 g/mol. The lowest BCUT2D eigenvalue weighted by Crippen LogP contribution is -2.48. The van der Waals surface area contributed by atoms with Crippen molar-refractivity contribution in [2.75, 3.05) is 19.8 Å². The van der Waals surface area contributed by atoms with E-state index in [1.54, 1.807) is 0 Å². The van der Waals surface area contributed by atoms with Crippen LogP contribution in [0.4, 0.5) is 0 Å². The third-order valence-corrected chi connectivity index (χ3v) is 4.67. The highest BCUT2D eigenvalue weighted by atomic mass is 16.5. The Labute approximate surface area is 128 Å². The average molecular weight is 291 g/mol. The molecule has 0 radical (unpaired) electrons. The second kappa shape index (κ2) is 7.81.